The average molecular weight is 308 g/mol. The summed E-state index contributed by atoms with van der Waals surface area (Å²) in [5.74, 6) is -0.110. The third-order valence-corrected chi connectivity index (χ3v) is 3.53. The number of nitrogens with zero attached hydrogens (tertiary/aromatic N) is 1. The summed E-state index contributed by atoms with van der Waals surface area (Å²) in [6.45, 7) is 2.36. The lowest BCUT2D eigenvalue weighted by atomic mass is 10.1. The van der Waals surface area contributed by atoms with E-state index in [2.05, 4.69) is 31.4 Å². The second kappa shape index (κ2) is 5.82. The molecule has 1 atom stereocenters. The molecule has 5 heteroatoms. The van der Waals surface area contributed by atoms with E-state index in [9.17, 15) is 4.79 Å². The van der Waals surface area contributed by atoms with Crippen molar-refractivity contribution in [3.63, 3.8) is 0 Å². The zero-order valence-electron chi connectivity index (χ0n) is 9.98. The van der Waals surface area contributed by atoms with Gasteiger partial charge in [0.05, 0.1) is 16.6 Å². The van der Waals surface area contributed by atoms with Gasteiger partial charge in [-0.15, -0.1) is 0 Å². The highest BCUT2D eigenvalue weighted by molar-refractivity contribution is 9.09. The Morgan fingerprint density at radius 1 is 1.44 bits per heavy atom. The smallest absolute Gasteiger partial charge is 0.254 e. The zero-order valence-corrected chi connectivity index (χ0v) is 11.6. The van der Waals surface area contributed by atoms with Gasteiger partial charge in [-0.25, -0.2) is 0 Å². The maximum atomic E-state index is 11.9. The van der Waals surface area contributed by atoms with Crippen LogP contribution in [0.2, 0.25) is 0 Å². The van der Waals surface area contributed by atoms with Gasteiger partial charge in [-0.1, -0.05) is 46.3 Å². The molecule has 1 aromatic carbocycles. The van der Waals surface area contributed by atoms with Gasteiger partial charge in [0.2, 0.25) is 0 Å². The van der Waals surface area contributed by atoms with E-state index in [4.69, 9.17) is 0 Å². The number of H-pyrrole nitrogens is 1. The molecule has 0 aliphatic rings. The summed E-state index contributed by atoms with van der Waals surface area (Å²) in [5, 5.41) is 9.46. The number of aromatic amines is 1. The van der Waals surface area contributed by atoms with E-state index < -0.39 is 0 Å². The second-order valence-corrected chi connectivity index (χ2v) is 5.10. The summed E-state index contributed by atoms with van der Waals surface area (Å²) in [6, 6.07) is 9.97. The van der Waals surface area contributed by atoms with E-state index in [1.54, 1.807) is 0 Å². The fraction of sp³-hybridized carbons (Fsp3) is 0.231. The number of halogens is 1. The first-order valence-electron chi connectivity index (χ1n) is 5.65. The molecule has 18 heavy (non-hydrogen) atoms. The van der Waals surface area contributed by atoms with E-state index >= 15 is 0 Å². The Morgan fingerprint density at radius 3 is 2.78 bits per heavy atom. The Bertz CT molecular complexity index is 524. The standard InChI is InChI=1S/C13H14BrN3O/c1-9-11(7-16-17-9)13(18)15-8-12(14)10-5-3-2-4-6-10/h2-7,12H,8H2,1H3,(H,15,18)(H,16,17). The number of hydrogen-bond donors (Lipinski definition) is 2. The number of aryl methyl sites for hydroxylation is 1. The minimum Gasteiger partial charge on any atom is -0.350 e. The molecule has 2 N–H and O–H groups in total. The number of carbonyl (C=O) groups is 1. The Labute approximate surface area is 114 Å². The lowest BCUT2D eigenvalue weighted by Crippen LogP contribution is -2.26. The quantitative estimate of drug-likeness (QED) is 0.853. The third kappa shape index (κ3) is 2.98. The van der Waals surface area contributed by atoms with Crippen molar-refractivity contribution in [3.05, 3.63) is 53.3 Å². The van der Waals surface area contributed by atoms with Crippen LogP contribution in [0, 0.1) is 6.92 Å². The molecular weight excluding hydrogens is 294 g/mol. The minimum atomic E-state index is -0.110. The Balaban J connectivity index is 1.93. The molecule has 1 heterocycles. The van der Waals surface area contributed by atoms with Gasteiger partial charge in [0.15, 0.2) is 0 Å². The van der Waals surface area contributed by atoms with Crippen molar-refractivity contribution in [2.75, 3.05) is 6.54 Å². The van der Waals surface area contributed by atoms with Crippen LogP contribution in [0.4, 0.5) is 0 Å². The predicted molar refractivity (Wildman–Crippen MR) is 73.8 cm³/mol. The molecule has 0 aliphatic carbocycles. The maximum absolute atomic E-state index is 11.9. The summed E-state index contributed by atoms with van der Waals surface area (Å²) in [4.78, 5) is 12.0. The largest absolute Gasteiger partial charge is 0.350 e. The fourth-order valence-corrected chi connectivity index (χ4v) is 2.10. The first-order chi connectivity index (χ1) is 8.68. The van der Waals surface area contributed by atoms with Crippen LogP contribution in [0.3, 0.4) is 0 Å². The second-order valence-electron chi connectivity index (χ2n) is 4.00. The van der Waals surface area contributed by atoms with Crippen molar-refractivity contribution in [1.29, 1.82) is 0 Å². The maximum Gasteiger partial charge on any atom is 0.254 e. The summed E-state index contributed by atoms with van der Waals surface area (Å²) >= 11 is 3.56. The molecule has 0 radical (unpaired) electrons. The van der Waals surface area contributed by atoms with Crippen molar-refractivity contribution >= 4 is 21.8 Å². The van der Waals surface area contributed by atoms with Crippen molar-refractivity contribution < 1.29 is 4.79 Å². The van der Waals surface area contributed by atoms with Gasteiger partial charge >= 0.3 is 0 Å². The van der Waals surface area contributed by atoms with E-state index in [-0.39, 0.29) is 10.7 Å². The molecule has 0 fully saturated rings. The molecule has 1 unspecified atom stereocenters. The highest BCUT2D eigenvalue weighted by Crippen LogP contribution is 2.21. The van der Waals surface area contributed by atoms with Gasteiger partial charge in [0, 0.05) is 12.2 Å². The number of amides is 1. The number of nitrogens with one attached hydrogen (secondary N) is 2. The van der Waals surface area contributed by atoms with Gasteiger partial charge in [0.1, 0.15) is 0 Å². The van der Waals surface area contributed by atoms with Crippen LogP contribution < -0.4 is 5.32 Å². The van der Waals surface area contributed by atoms with Crippen molar-refractivity contribution in [2.24, 2.45) is 0 Å². The van der Waals surface area contributed by atoms with Gasteiger partial charge < -0.3 is 5.32 Å². The van der Waals surface area contributed by atoms with Crippen molar-refractivity contribution in [3.8, 4) is 0 Å². The minimum absolute atomic E-state index is 0.106. The predicted octanol–water partition coefficient (Wildman–Crippen LogP) is 2.58. The number of carbonyl (C=O) groups excluding carboxylic acids is 1. The summed E-state index contributed by atoms with van der Waals surface area (Å²) < 4.78 is 0. The summed E-state index contributed by atoms with van der Waals surface area (Å²) in [7, 11) is 0. The Kier molecular flexibility index (Phi) is 4.15. The molecule has 1 amide bonds. The topological polar surface area (TPSA) is 57.8 Å². The van der Waals surface area contributed by atoms with Crippen molar-refractivity contribution in [1.82, 2.24) is 15.5 Å². The average Bonchev–Trinajstić information content (AvgIpc) is 2.83. The Hall–Kier alpha value is -1.62. The van der Waals surface area contributed by atoms with Crippen LogP contribution in [0.5, 0.6) is 0 Å². The van der Waals surface area contributed by atoms with Crippen LogP contribution in [0.25, 0.3) is 0 Å². The molecule has 94 valence electrons. The number of hydrogen-bond acceptors (Lipinski definition) is 2. The van der Waals surface area contributed by atoms with Gasteiger partial charge in [-0.05, 0) is 12.5 Å². The van der Waals surface area contributed by atoms with E-state index in [0.717, 1.165) is 11.3 Å². The molecule has 0 spiro atoms. The van der Waals surface area contributed by atoms with Crippen LogP contribution in [0.1, 0.15) is 26.4 Å². The van der Waals surface area contributed by atoms with Gasteiger partial charge in [-0.2, -0.15) is 5.10 Å². The zero-order chi connectivity index (χ0) is 13.0. The summed E-state index contributed by atoms with van der Waals surface area (Å²) in [6.07, 6.45) is 1.54. The van der Waals surface area contributed by atoms with Crippen molar-refractivity contribution in [2.45, 2.75) is 11.8 Å². The molecule has 0 aliphatic heterocycles. The lowest BCUT2D eigenvalue weighted by Gasteiger charge is -2.11. The number of aromatic nitrogens is 2. The molecule has 0 bridgehead atoms. The molecule has 1 aromatic heterocycles. The Morgan fingerprint density at radius 2 is 2.17 bits per heavy atom. The van der Waals surface area contributed by atoms with E-state index in [0.29, 0.717) is 12.1 Å². The van der Waals surface area contributed by atoms with Gasteiger partial charge in [-0.3, -0.25) is 9.89 Å². The molecule has 2 aromatic rings. The monoisotopic (exact) mass is 307 g/mol. The fourth-order valence-electron chi connectivity index (χ4n) is 1.64. The first-order valence-corrected chi connectivity index (χ1v) is 6.57. The van der Waals surface area contributed by atoms with Crippen LogP contribution in [-0.4, -0.2) is 22.6 Å². The number of benzene rings is 1. The highest BCUT2D eigenvalue weighted by atomic mass is 79.9. The summed E-state index contributed by atoms with van der Waals surface area (Å²) in [5.41, 5.74) is 2.50. The number of rotatable bonds is 4. The van der Waals surface area contributed by atoms with Crippen LogP contribution >= 0.6 is 15.9 Å². The molecule has 2 rings (SSSR count). The first kappa shape index (κ1) is 12.8. The van der Waals surface area contributed by atoms with Crippen LogP contribution in [-0.2, 0) is 0 Å². The highest BCUT2D eigenvalue weighted by Gasteiger charge is 2.13. The SMILES string of the molecule is Cc1[nH]ncc1C(=O)NCC(Br)c1ccccc1. The van der Waals surface area contributed by atoms with Gasteiger partial charge in [0.25, 0.3) is 5.91 Å². The molecular formula is C13H14BrN3O. The van der Waals surface area contributed by atoms with E-state index in [1.165, 1.54) is 6.20 Å². The molecule has 4 nitrogen and oxygen atoms in total. The normalized spacial score (nSPS) is 12.1. The lowest BCUT2D eigenvalue weighted by molar-refractivity contribution is 0.0953. The van der Waals surface area contributed by atoms with E-state index in [1.807, 2.05) is 37.3 Å². The number of alkyl halides is 1. The molecule has 0 saturated carbocycles. The third-order valence-electron chi connectivity index (χ3n) is 2.68. The van der Waals surface area contributed by atoms with Crippen LogP contribution in [0.15, 0.2) is 36.5 Å². The molecule has 0 saturated heterocycles.